The van der Waals surface area contributed by atoms with Crippen molar-refractivity contribution < 1.29 is 32.4 Å². The van der Waals surface area contributed by atoms with Crippen LogP contribution in [0.5, 0.6) is 0 Å². The fourth-order valence-corrected chi connectivity index (χ4v) is 5.07. The van der Waals surface area contributed by atoms with Crippen molar-refractivity contribution in [2.24, 2.45) is 0 Å². The lowest BCUT2D eigenvalue weighted by molar-refractivity contribution is -0.0226. The summed E-state index contributed by atoms with van der Waals surface area (Å²) in [4.78, 5) is 27.8. The summed E-state index contributed by atoms with van der Waals surface area (Å²) in [5, 5.41) is 3.87. The molecular formula is C25H28F2N2O5. The third-order valence-electron chi connectivity index (χ3n) is 6.64. The van der Waals surface area contributed by atoms with E-state index in [1.165, 1.54) is 6.07 Å². The van der Waals surface area contributed by atoms with Gasteiger partial charge in [0.2, 0.25) is 0 Å². The molecule has 182 valence electrons. The normalized spacial score (nSPS) is 24.3. The summed E-state index contributed by atoms with van der Waals surface area (Å²) in [7, 11) is 0. The van der Waals surface area contributed by atoms with E-state index in [0.717, 1.165) is 37.8 Å². The molecule has 34 heavy (non-hydrogen) atoms. The zero-order valence-corrected chi connectivity index (χ0v) is 19.5. The number of carbonyl (C=O) groups is 2. The lowest BCUT2D eigenvalue weighted by Gasteiger charge is -2.39. The van der Waals surface area contributed by atoms with E-state index >= 15 is 0 Å². The van der Waals surface area contributed by atoms with Crippen LogP contribution in [0.4, 0.5) is 13.6 Å². The number of halogens is 2. The summed E-state index contributed by atoms with van der Waals surface area (Å²) in [6.45, 7) is 5.48. The third-order valence-corrected chi connectivity index (χ3v) is 6.64. The van der Waals surface area contributed by atoms with Crippen LogP contribution in [0.15, 0.2) is 22.7 Å². The molecule has 1 aromatic heterocycles. The number of piperidine rings is 1. The Morgan fingerprint density at radius 1 is 1.06 bits per heavy atom. The number of hydrogen-bond donors (Lipinski definition) is 0. The highest BCUT2D eigenvalue weighted by molar-refractivity contribution is 5.97. The second kappa shape index (κ2) is 8.36. The van der Waals surface area contributed by atoms with E-state index < -0.39 is 34.9 Å². The molecule has 1 amide bonds. The van der Waals surface area contributed by atoms with Crippen molar-refractivity contribution in [3.63, 3.8) is 0 Å². The van der Waals surface area contributed by atoms with Gasteiger partial charge in [-0.15, -0.1) is 0 Å². The molecule has 2 aromatic rings. The summed E-state index contributed by atoms with van der Waals surface area (Å²) in [6, 6.07) is 3.31. The number of benzene rings is 1. The quantitative estimate of drug-likeness (QED) is 0.538. The van der Waals surface area contributed by atoms with Crippen LogP contribution in [0.1, 0.15) is 81.3 Å². The van der Waals surface area contributed by atoms with Crippen LogP contribution in [0.25, 0.3) is 11.3 Å². The molecule has 1 aliphatic carbocycles. The van der Waals surface area contributed by atoms with Crippen molar-refractivity contribution in [3.8, 4) is 11.3 Å². The molecule has 1 saturated carbocycles. The Kier molecular flexibility index (Phi) is 5.61. The van der Waals surface area contributed by atoms with Crippen LogP contribution >= 0.6 is 0 Å². The highest BCUT2D eigenvalue weighted by Gasteiger charge is 2.47. The standard InChI is InChI=1S/C25H28F2N2O5/c1-25(2,3)33-24(31)29-14-9-10-15(29)12-16(11-14)32-23(30)20-21(28-34-22(20)13-7-8-13)19-17(26)5-4-6-18(19)27/h4-6,13-16H,7-12H2,1-3H3/t14-,15+,16?. The Morgan fingerprint density at radius 3 is 2.24 bits per heavy atom. The first-order chi connectivity index (χ1) is 16.1. The van der Waals surface area contributed by atoms with Crippen molar-refractivity contribution in [2.45, 2.75) is 89.0 Å². The van der Waals surface area contributed by atoms with E-state index in [0.29, 0.717) is 18.6 Å². The van der Waals surface area contributed by atoms with Gasteiger partial charge in [0.1, 0.15) is 34.6 Å². The summed E-state index contributed by atoms with van der Waals surface area (Å²) in [5.74, 6) is -2.04. The van der Waals surface area contributed by atoms with E-state index in [1.807, 2.05) is 20.8 Å². The van der Waals surface area contributed by atoms with Crippen molar-refractivity contribution in [1.29, 1.82) is 0 Å². The van der Waals surface area contributed by atoms with Crippen LogP contribution in [0.3, 0.4) is 0 Å². The first kappa shape index (κ1) is 22.8. The Morgan fingerprint density at radius 2 is 1.68 bits per heavy atom. The van der Waals surface area contributed by atoms with Crippen LogP contribution in [0, 0.1) is 11.6 Å². The van der Waals surface area contributed by atoms with Crippen molar-refractivity contribution in [3.05, 3.63) is 41.2 Å². The third kappa shape index (κ3) is 4.28. The number of nitrogens with zero attached hydrogens (tertiary/aromatic N) is 2. The fraction of sp³-hybridized carbons (Fsp3) is 0.560. The number of amides is 1. The molecule has 0 radical (unpaired) electrons. The van der Waals surface area contributed by atoms with E-state index in [4.69, 9.17) is 14.0 Å². The number of carbonyl (C=O) groups excluding carboxylic acids is 2. The average molecular weight is 475 g/mol. The van der Waals surface area contributed by atoms with E-state index in [9.17, 15) is 18.4 Å². The maximum absolute atomic E-state index is 14.5. The fourth-order valence-electron chi connectivity index (χ4n) is 5.07. The number of ether oxygens (including phenoxy) is 2. The molecule has 5 rings (SSSR count). The average Bonchev–Trinajstić information content (AvgIpc) is 3.43. The van der Waals surface area contributed by atoms with Crippen molar-refractivity contribution >= 4 is 12.1 Å². The molecule has 1 aromatic carbocycles. The largest absolute Gasteiger partial charge is 0.458 e. The molecule has 3 aliphatic rings. The van der Waals surface area contributed by atoms with Crippen LogP contribution in [0.2, 0.25) is 0 Å². The number of fused-ring (bicyclic) bond motifs is 2. The number of esters is 1. The van der Waals surface area contributed by atoms with Crippen LogP contribution in [-0.4, -0.2) is 45.9 Å². The van der Waals surface area contributed by atoms with Gasteiger partial charge in [0.25, 0.3) is 0 Å². The molecule has 0 spiro atoms. The minimum Gasteiger partial charge on any atom is -0.458 e. The van der Waals surface area contributed by atoms with E-state index in [-0.39, 0.29) is 35.4 Å². The first-order valence-corrected chi connectivity index (χ1v) is 11.8. The predicted molar refractivity (Wildman–Crippen MR) is 117 cm³/mol. The minimum atomic E-state index is -0.826. The van der Waals surface area contributed by atoms with Crippen molar-refractivity contribution in [2.75, 3.05) is 0 Å². The smallest absolute Gasteiger partial charge is 0.410 e. The Bertz CT molecular complexity index is 1090. The summed E-state index contributed by atoms with van der Waals surface area (Å²) in [5.41, 5.74) is -1.17. The highest BCUT2D eigenvalue weighted by Crippen LogP contribution is 2.45. The monoisotopic (exact) mass is 474 g/mol. The second-order valence-electron chi connectivity index (χ2n) is 10.4. The SMILES string of the molecule is CC(C)(C)OC(=O)N1[C@@H]2CC[C@H]1CC(OC(=O)c1c(-c3c(F)cccc3F)noc1C1CC1)C2. The molecular weight excluding hydrogens is 446 g/mol. The summed E-state index contributed by atoms with van der Waals surface area (Å²) < 4.78 is 45.8. The van der Waals surface area contributed by atoms with Crippen LogP contribution < -0.4 is 0 Å². The van der Waals surface area contributed by atoms with E-state index in [1.54, 1.807) is 4.90 Å². The molecule has 3 heterocycles. The zero-order chi connectivity index (χ0) is 24.2. The topological polar surface area (TPSA) is 81.9 Å². The highest BCUT2D eigenvalue weighted by atomic mass is 19.1. The van der Waals surface area contributed by atoms with E-state index in [2.05, 4.69) is 5.16 Å². The second-order valence-corrected chi connectivity index (χ2v) is 10.4. The predicted octanol–water partition coefficient (Wildman–Crippen LogP) is 5.58. The van der Waals surface area contributed by atoms with Gasteiger partial charge in [-0.1, -0.05) is 11.2 Å². The Balaban J connectivity index is 1.36. The van der Waals surface area contributed by atoms with Gasteiger partial charge in [-0.3, -0.25) is 0 Å². The van der Waals surface area contributed by atoms with Gasteiger partial charge < -0.3 is 18.9 Å². The Hall–Kier alpha value is -2.97. The molecule has 1 unspecified atom stereocenters. The zero-order valence-electron chi connectivity index (χ0n) is 19.5. The van der Waals surface area contributed by atoms with Gasteiger partial charge in [-0.05, 0) is 58.6 Å². The summed E-state index contributed by atoms with van der Waals surface area (Å²) in [6.07, 6.45) is 3.43. The van der Waals surface area contributed by atoms with Gasteiger partial charge in [-0.2, -0.15) is 0 Å². The molecule has 3 atom stereocenters. The van der Waals surface area contributed by atoms with Crippen molar-refractivity contribution in [1.82, 2.24) is 10.1 Å². The molecule has 7 nitrogen and oxygen atoms in total. The number of hydrogen-bond acceptors (Lipinski definition) is 6. The van der Waals surface area contributed by atoms with Gasteiger partial charge in [0.15, 0.2) is 5.76 Å². The molecule has 0 N–H and O–H groups in total. The van der Waals surface area contributed by atoms with Gasteiger partial charge in [0, 0.05) is 30.8 Å². The molecule has 2 aliphatic heterocycles. The molecule has 9 heteroatoms. The maximum Gasteiger partial charge on any atom is 0.410 e. The maximum atomic E-state index is 14.5. The summed E-state index contributed by atoms with van der Waals surface area (Å²) >= 11 is 0. The molecule has 2 bridgehead atoms. The number of aromatic nitrogens is 1. The molecule has 3 fully saturated rings. The lowest BCUT2D eigenvalue weighted by Crippen LogP contribution is -2.50. The van der Waals surface area contributed by atoms with Gasteiger partial charge in [0.05, 0.1) is 5.56 Å². The number of rotatable bonds is 4. The van der Waals surface area contributed by atoms with Crippen LogP contribution in [-0.2, 0) is 9.47 Å². The first-order valence-electron chi connectivity index (χ1n) is 11.8. The van der Waals surface area contributed by atoms with Gasteiger partial charge in [-0.25, -0.2) is 18.4 Å². The van der Waals surface area contributed by atoms with Gasteiger partial charge >= 0.3 is 12.1 Å². The molecule has 2 saturated heterocycles. The Labute approximate surface area is 196 Å². The minimum absolute atomic E-state index is 0.00609. The lowest BCUT2D eigenvalue weighted by atomic mass is 9.99.